The topological polar surface area (TPSA) is 53.1 Å². The summed E-state index contributed by atoms with van der Waals surface area (Å²) < 4.78 is 5.53. The maximum atomic E-state index is 8.49. The molecule has 82 valence electrons. The van der Waals surface area contributed by atoms with Crippen molar-refractivity contribution in [1.29, 1.82) is 5.26 Å². The fourth-order valence-electron chi connectivity index (χ4n) is 1.36. The predicted octanol–water partition coefficient (Wildman–Crippen LogP) is 2.83. The second kappa shape index (κ2) is 4.42. The van der Waals surface area contributed by atoms with Gasteiger partial charge in [-0.3, -0.25) is 0 Å². The lowest BCUT2D eigenvalue weighted by atomic mass is 10.3. The third-order valence-corrected chi connectivity index (χ3v) is 2.46. The van der Waals surface area contributed by atoms with Crippen LogP contribution in [0.1, 0.15) is 6.42 Å². The van der Waals surface area contributed by atoms with Gasteiger partial charge in [-0.1, -0.05) is 11.6 Å². The highest BCUT2D eigenvalue weighted by molar-refractivity contribution is 6.31. The molecule has 0 spiro atoms. The van der Waals surface area contributed by atoms with Crippen LogP contribution in [0.15, 0.2) is 22.6 Å². The highest BCUT2D eigenvalue weighted by Gasteiger charge is 2.09. The summed E-state index contributed by atoms with van der Waals surface area (Å²) in [4.78, 5) is 6.10. The molecule has 2 aromatic rings. The molecule has 0 radical (unpaired) electrons. The van der Waals surface area contributed by atoms with Crippen molar-refractivity contribution in [3.8, 4) is 6.07 Å². The van der Waals surface area contributed by atoms with E-state index in [2.05, 4.69) is 11.1 Å². The zero-order valence-electron chi connectivity index (χ0n) is 8.77. The van der Waals surface area contributed by atoms with Crippen molar-refractivity contribution in [3.63, 3.8) is 0 Å². The van der Waals surface area contributed by atoms with Gasteiger partial charge in [0.25, 0.3) is 6.01 Å². The molecule has 0 unspecified atom stereocenters. The van der Waals surface area contributed by atoms with Gasteiger partial charge in [0.1, 0.15) is 5.52 Å². The normalized spacial score (nSPS) is 10.3. The number of fused-ring (bicyclic) bond motifs is 1. The van der Waals surface area contributed by atoms with E-state index in [9.17, 15) is 0 Å². The Balaban J connectivity index is 2.29. The molecule has 5 heteroatoms. The number of halogens is 1. The second-order valence-electron chi connectivity index (χ2n) is 3.44. The van der Waals surface area contributed by atoms with E-state index < -0.39 is 0 Å². The van der Waals surface area contributed by atoms with Gasteiger partial charge in [-0.05, 0) is 12.1 Å². The molecule has 1 aromatic heterocycles. The van der Waals surface area contributed by atoms with Gasteiger partial charge in [-0.15, -0.1) is 0 Å². The van der Waals surface area contributed by atoms with Crippen LogP contribution in [0.25, 0.3) is 11.1 Å². The molecule has 1 heterocycles. The Bertz CT molecular complexity index is 544. The molecule has 0 aliphatic carbocycles. The Hall–Kier alpha value is -1.73. The number of anilines is 1. The first-order valence-corrected chi connectivity index (χ1v) is 5.22. The van der Waals surface area contributed by atoms with Gasteiger partial charge in [0.2, 0.25) is 0 Å². The van der Waals surface area contributed by atoms with E-state index in [1.54, 1.807) is 17.0 Å². The quantitative estimate of drug-likeness (QED) is 0.821. The predicted molar refractivity (Wildman–Crippen MR) is 62.5 cm³/mol. The van der Waals surface area contributed by atoms with E-state index in [1.165, 1.54) is 0 Å². The van der Waals surface area contributed by atoms with Crippen molar-refractivity contribution in [3.05, 3.63) is 23.2 Å². The van der Waals surface area contributed by atoms with Crippen molar-refractivity contribution in [1.82, 2.24) is 4.98 Å². The van der Waals surface area contributed by atoms with E-state index in [4.69, 9.17) is 21.3 Å². The van der Waals surface area contributed by atoms with Crippen molar-refractivity contribution < 1.29 is 4.42 Å². The highest BCUT2D eigenvalue weighted by Crippen LogP contribution is 2.23. The van der Waals surface area contributed by atoms with Crippen LogP contribution >= 0.6 is 11.6 Å². The molecule has 1 aromatic carbocycles. The van der Waals surface area contributed by atoms with E-state index in [0.29, 0.717) is 29.6 Å². The average Bonchev–Trinajstić information content (AvgIpc) is 2.68. The molecular formula is C11H10ClN3O. The summed E-state index contributed by atoms with van der Waals surface area (Å²) in [6, 6.07) is 7.89. The third kappa shape index (κ3) is 2.10. The van der Waals surface area contributed by atoms with E-state index >= 15 is 0 Å². The van der Waals surface area contributed by atoms with Crippen molar-refractivity contribution in [2.75, 3.05) is 18.5 Å². The Morgan fingerprint density at radius 1 is 1.56 bits per heavy atom. The number of rotatable bonds is 3. The van der Waals surface area contributed by atoms with Crippen LogP contribution in [0.2, 0.25) is 5.02 Å². The molecule has 16 heavy (non-hydrogen) atoms. The number of nitriles is 1. The van der Waals surface area contributed by atoms with Gasteiger partial charge in [0.05, 0.1) is 12.5 Å². The van der Waals surface area contributed by atoms with Gasteiger partial charge < -0.3 is 9.32 Å². The van der Waals surface area contributed by atoms with Crippen molar-refractivity contribution >= 4 is 28.7 Å². The molecule has 0 atom stereocenters. The molecule has 0 amide bonds. The zero-order chi connectivity index (χ0) is 11.5. The molecule has 0 N–H and O–H groups in total. The summed E-state index contributed by atoms with van der Waals surface area (Å²) in [6.07, 6.45) is 0.440. The first-order chi connectivity index (χ1) is 7.70. The van der Waals surface area contributed by atoms with Crippen LogP contribution in [-0.4, -0.2) is 18.6 Å². The van der Waals surface area contributed by atoms with E-state index in [-0.39, 0.29) is 0 Å². The Morgan fingerprint density at radius 2 is 2.38 bits per heavy atom. The lowest BCUT2D eigenvalue weighted by molar-refractivity contribution is 0.584. The monoisotopic (exact) mass is 235 g/mol. The summed E-state index contributed by atoms with van der Waals surface area (Å²) in [6.45, 7) is 0.594. The molecule has 0 aliphatic heterocycles. The van der Waals surface area contributed by atoms with Gasteiger partial charge in [0.15, 0.2) is 5.58 Å². The Labute approximate surface area is 98.0 Å². The fraction of sp³-hybridized carbons (Fsp3) is 0.273. The zero-order valence-corrected chi connectivity index (χ0v) is 9.53. The van der Waals surface area contributed by atoms with Crippen LogP contribution in [0, 0.1) is 11.3 Å². The lowest BCUT2D eigenvalue weighted by Gasteiger charge is -2.10. The molecule has 0 fully saturated rings. The second-order valence-corrected chi connectivity index (χ2v) is 3.87. The van der Waals surface area contributed by atoms with Gasteiger partial charge in [-0.25, -0.2) is 0 Å². The number of hydrogen-bond acceptors (Lipinski definition) is 4. The number of hydrogen-bond donors (Lipinski definition) is 0. The van der Waals surface area contributed by atoms with Gasteiger partial charge >= 0.3 is 0 Å². The maximum absolute atomic E-state index is 8.49. The number of aromatic nitrogens is 1. The summed E-state index contributed by atoms with van der Waals surface area (Å²) in [5.74, 6) is 0. The molecule has 0 aliphatic rings. The first kappa shape index (κ1) is 10.8. The smallest absolute Gasteiger partial charge is 0.298 e. The number of nitrogens with zero attached hydrogens (tertiary/aromatic N) is 3. The SMILES string of the molecule is CN(CCC#N)c1nc2ccc(Cl)cc2o1. The van der Waals surface area contributed by atoms with Crippen LogP contribution in [0.5, 0.6) is 0 Å². The summed E-state index contributed by atoms with van der Waals surface area (Å²) in [5, 5.41) is 9.11. The van der Waals surface area contributed by atoms with Crippen LogP contribution in [0.4, 0.5) is 6.01 Å². The molecule has 4 nitrogen and oxygen atoms in total. The summed E-state index contributed by atoms with van der Waals surface area (Å²) in [7, 11) is 1.84. The minimum Gasteiger partial charge on any atom is -0.423 e. The van der Waals surface area contributed by atoms with Gasteiger partial charge in [0, 0.05) is 24.7 Å². The highest BCUT2D eigenvalue weighted by atomic mass is 35.5. The van der Waals surface area contributed by atoms with Gasteiger partial charge in [-0.2, -0.15) is 10.2 Å². The summed E-state index contributed by atoms with van der Waals surface area (Å²) >= 11 is 5.85. The lowest BCUT2D eigenvalue weighted by Crippen LogP contribution is -2.18. The standard InChI is InChI=1S/C11H10ClN3O/c1-15(6-2-5-13)11-14-9-4-3-8(12)7-10(9)16-11/h3-4,7H,2,6H2,1H3. The van der Waals surface area contributed by atoms with Crippen LogP contribution < -0.4 is 4.90 Å². The largest absolute Gasteiger partial charge is 0.423 e. The minimum atomic E-state index is 0.440. The Morgan fingerprint density at radius 3 is 3.12 bits per heavy atom. The van der Waals surface area contributed by atoms with Crippen molar-refractivity contribution in [2.24, 2.45) is 0 Å². The Kier molecular flexibility index (Phi) is 2.97. The molecule has 2 rings (SSSR count). The van der Waals surface area contributed by atoms with Crippen molar-refractivity contribution in [2.45, 2.75) is 6.42 Å². The number of benzene rings is 1. The van der Waals surface area contributed by atoms with Crippen LogP contribution in [-0.2, 0) is 0 Å². The summed E-state index contributed by atoms with van der Waals surface area (Å²) in [5.41, 5.74) is 1.43. The fourth-order valence-corrected chi connectivity index (χ4v) is 1.53. The van der Waals surface area contributed by atoms with E-state index in [0.717, 1.165) is 5.52 Å². The minimum absolute atomic E-state index is 0.440. The number of oxazole rings is 1. The molecule has 0 bridgehead atoms. The third-order valence-electron chi connectivity index (χ3n) is 2.22. The molecular weight excluding hydrogens is 226 g/mol. The van der Waals surface area contributed by atoms with Crippen LogP contribution in [0.3, 0.4) is 0 Å². The van der Waals surface area contributed by atoms with E-state index in [1.807, 2.05) is 13.1 Å². The molecule has 0 saturated carbocycles. The average molecular weight is 236 g/mol. The first-order valence-electron chi connectivity index (χ1n) is 4.85. The molecule has 0 saturated heterocycles. The maximum Gasteiger partial charge on any atom is 0.298 e.